The first-order valence-electron chi connectivity index (χ1n) is 8.66. The van der Waals surface area contributed by atoms with Crippen LogP contribution < -0.4 is 14.9 Å². The second kappa shape index (κ2) is 8.43. The first kappa shape index (κ1) is 19.2. The maximum Gasteiger partial charge on any atom is 0.337 e. The average Bonchev–Trinajstić information content (AvgIpc) is 2.70. The normalized spacial score (nSPS) is 10.4. The monoisotopic (exact) mass is 380 g/mol. The van der Waals surface area contributed by atoms with Crippen LogP contribution in [-0.4, -0.2) is 19.7 Å². The number of hydrogen-bond acceptors (Lipinski definition) is 6. The maximum absolute atomic E-state index is 12.7. The third-order valence-electron chi connectivity index (χ3n) is 3.96. The van der Waals surface area contributed by atoms with E-state index in [9.17, 15) is 9.59 Å². The second-order valence-corrected chi connectivity index (χ2v) is 6.30. The van der Waals surface area contributed by atoms with Gasteiger partial charge in [0, 0.05) is 6.07 Å². The number of hydrogen-bond donors (Lipinski definition) is 0. The Morgan fingerprint density at radius 3 is 2.46 bits per heavy atom. The Hall–Kier alpha value is -3.54. The third-order valence-corrected chi connectivity index (χ3v) is 3.96. The van der Waals surface area contributed by atoms with Gasteiger partial charge >= 0.3 is 5.97 Å². The van der Waals surface area contributed by atoms with Gasteiger partial charge in [0.2, 0.25) is 11.2 Å². The molecular formula is C22H20O6. The van der Waals surface area contributed by atoms with Crippen LogP contribution in [0, 0.1) is 0 Å². The number of allylic oxidation sites excluding steroid dienone is 1. The van der Waals surface area contributed by atoms with Crippen LogP contribution in [0.25, 0.3) is 11.0 Å². The molecule has 0 amide bonds. The van der Waals surface area contributed by atoms with Gasteiger partial charge in [0.1, 0.15) is 30.0 Å². The summed E-state index contributed by atoms with van der Waals surface area (Å²) in [4.78, 5) is 24.1. The van der Waals surface area contributed by atoms with E-state index in [-0.39, 0.29) is 11.2 Å². The van der Waals surface area contributed by atoms with Gasteiger partial charge in [-0.3, -0.25) is 4.79 Å². The molecule has 6 nitrogen and oxygen atoms in total. The Morgan fingerprint density at radius 2 is 1.79 bits per heavy atom. The zero-order chi connectivity index (χ0) is 20.1. The number of fused-ring (bicyclic) bond motifs is 1. The molecule has 3 aromatic rings. The van der Waals surface area contributed by atoms with Crippen LogP contribution in [0.5, 0.6) is 17.2 Å². The molecule has 0 saturated carbocycles. The summed E-state index contributed by atoms with van der Waals surface area (Å²) in [6.07, 6.45) is 3.22. The van der Waals surface area contributed by atoms with Crippen molar-refractivity contribution >= 4 is 16.9 Å². The van der Waals surface area contributed by atoms with E-state index < -0.39 is 5.97 Å². The van der Waals surface area contributed by atoms with Crippen LogP contribution in [0.15, 0.2) is 69.6 Å². The van der Waals surface area contributed by atoms with Gasteiger partial charge in [-0.1, -0.05) is 5.57 Å². The minimum Gasteiger partial charge on any atom is -0.489 e. The molecular weight excluding hydrogens is 360 g/mol. The summed E-state index contributed by atoms with van der Waals surface area (Å²) < 4.78 is 21.4. The Bertz CT molecular complexity index is 1070. The lowest BCUT2D eigenvalue weighted by atomic mass is 10.2. The largest absolute Gasteiger partial charge is 0.489 e. The highest BCUT2D eigenvalue weighted by atomic mass is 16.5. The lowest BCUT2D eigenvalue weighted by Crippen LogP contribution is -2.05. The molecule has 144 valence electrons. The van der Waals surface area contributed by atoms with Crippen LogP contribution in [0.4, 0.5) is 0 Å². The van der Waals surface area contributed by atoms with Crippen molar-refractivity contribution in [3.63, 3.8) is 0 Å². The van der Waals surface area contributed by atoms with Gasteiger partial charge in [0.15, 0.2) is 0 Å². The first-order chi connectivity index (χ1) is 13.5. The smallest absolute Gasteiger partial charge is 0.337 e. The predicted molar refractivity (Wildman–Crippen MR) is 105 cm³/mol. The minimum atomic E-state index is -0.445. The van der Waals surface area contributed by atoms with Crippen molar-refractivity contribution in [3.05, 3.63) is 76.2 Å². The van der Waals surface area contributed by atoms with Crippen LogP contribution in [0.2, 0.25) is 0 Å². The molecule has 28 heavy (non-hydrogen) atoms. The van der Waals surface area contributed by atoms with Crippen molar-refractivity contribution in [1.82, 2.24) is 0 Å². The molecule has 1 heterocycles. The van der Waals surface area contributed by atoms with Crippen molar-refractivity contribution < 1.29 is 23.4 Å². The number of benzene rings is 2. The van der Waals surface area contributed by atoms with E-state index in [1.165, 1.54) is 13.4 Å². The molecule has 2 aromatic carbocycles. The quantitative estimate of drug-likeness (QED) is 0.455. The van der Waals surface area contributed by atoms with Crippen molar-refractivity contribution in [2.24, 2.45) is 0 Å². The Morgan fingerprint density at radius 1 is 1.07 bits per heavy atom. The van der Waals surface area contributed by atoms with Gasteiger partial charge in [0.25, 0.3) is 0 Å². The van der Waals surface area contributed by atoms with Crippen LogP contribution in [0.3, 0.4) is 0 Å². The topological polar surface area (TPSA) is 75.0 Å². The highest BCUT2D eigenvalue weighted by Crippen LogP contribution is 2.24. The SMILES string of the molecule is COC(=O)c1ccc(Oc2coc3cc(OCC=C(C)C)ccc3c2=O)cc1. The molecule has 0 radical (unpaired) electrons. The molecule has 0 saturated heterocycles. The molecule has 0 atom stereocenters. The number of ether oxygens (including phenoxy) is 3. The predicted octanol–water partition coefficient (Wildman–Crippen LogP) is 4.72. The van der Waals surface area contributed by atoms with Gasteiger partial charge in [-0.2, -0.15) is 0 Å². The van der Waals surface area contributed by atoms with Crippen LogP contribution in [0.1, 0.15) is 24.2 Å². The van der Waals surface area contributed by atoms with Crippen LogP contribution >= 0.6 is 0 Å². The maximum atomic E-state index is 12.7. The van der Waals surface area contributed by atoms with Gasteiger partial charge in [-0.25, -0.2) is 4.79 Å². The first-order valence-corrected chi connectivity index (χ1v) is 8.66. The summed E-state index contributed by atoms with van der Waals surface area (Å²) in [5.41, 5.74) is 1.66. The standard InChI is InChI=1S/C22H20O6/c1-14(2)10-11-26-17-8-9-18-19(12-17)27-13-20(21(18)23)28-16-6-4-15(5-7-16)22(24)25-3/h4-10,12-13H,11H2,1-3H3. The fourth-order valence-corrected chi connectivity index (χ4v) is 2.46. The second-order valence-electron chi connectivity index (χ2n) is 6.30. The molecule has 0 fully saturated rings. The van der Waals surface area contributed by atoms with E-state index >= 15 is 0 Å². The number of carbonyl (C=O) groups excluding carboxylic acids is 1. The van der Waals surface area contributed by atoms with Gasteiger partial charge < -0.3 is 18.6 Å². The molecule has 0 unspecified atom stereocenters. The number of esters is 1. The van der Waals surface area contributed by atoms with Crippen molar-refractivity contribution in [2.45, 2.75) is 13.8 Å². The van der Waals surface area contributed by atoms with Gasteiger partial charge in [0.05, 0.1) is 18.1 Å². The van der Waals surface area contributed by atoms with Crippen LogP contribution in [-0.2, 0) is 4.74 Å². The summed E-state index contributed by atoms with van der Waals surface area (Å²) >= 11 is 0. The summed E-state index contributed by atoms with van der Waals surface area (Å²) in [7, 11) is 1.31. The molecule has 0 bridgehead atoms. The van der Waals surface area contributed by atoms with Crippen molar-refractivity contribution in [3.8, 4) is 17.2 Å². The van der Waals surface area contributed by atoms with E-state index in [1.54, 1.807) is 42.5 Å². The molecule has 3 rings (SSSR count). The molecule has 0 aliphatic heterocycles. The Balaban J connectivity index is 1.81. The van der Waals surface area contributed by atoms with Crippen molar-refractivity contribution in [1.29, 1.82) is 0 Å². The summed E-state index contributed by atoms with van der Waals surface area (Å²) in [6.45, 7) is 4.43. The lowest BCUT2D eigenvalue weighted by molar-refractivity contribution is 0.0600. The third kappa shape index (κ3) is 4.40. The summed E-state index contributed by atoms with van der Waals surface area (Å²) in [5, 5.41) is 0.387. The lowest BCUT2D eigenvalue weighted by Gasteiger charge is -2.08. The Kier molecular flexibility index (Phi) is 5.79. The highest BCUT2D eigenvalue weighted by Gasteiger charge is 2.11. The van der Waals surface area contributed by atoms with E-state index in [0.29, 0.717) is 34.6 Å². The van der Waals surface area contributed by atoms with E-state index in [2.05, 4.69) is 4.74 Å². The van der Waals surface area contributed by atoms with E-state index in [4.69, 9.17) is 13.9 Å². The number of methoxy groups -OCH3 is 1. The average molecular weight is 380 g/mol. The fraction of sp³-hybridized carbons (Fsp3) is 0.182. The van der Waals surface area contributed by atoms with Crippen molar-refractivity contribution in [2.75, 3.05) is 13.7 Å². The number of carbonyl (C=O) groups is 1. The zero-order valence-corrected chi connectivity index (χ0v) is 15.9. The molecule has 0 spiro atoms. The zero-order valence-electron chi connectivity index (χ0n) is 15.9. The van der Waals surface area contributed by atoms with Gasteiger partial charge in [-0.05, 0) is 56.3 Å². The van der Waals surface area contributed by atoms with Gasteiger partial charge in [-0.15, -0.1) is 0 Å². The fourth-order valence-electron chi connectivity index (χ4n) is 2.46. The molecule has 0 aliphatic carbocycles. The highest BCUT2D eigenvalue weighted by molar-refractivity contribution is 5.89. The molecule has 1 aromatic heterocycles. The summed E-state index contributed by atoms with van der Waals surface area (Å²) in [6, 6.07) is 11.3. The number of rotatable bonds is 6. The Labute approximate surface area is 162 Å². The molecule has 6 heteroatoms. The minimum absolute atomic E-state index is 0.0523. The molecule has 0 N–H and O–H groups in total. The van der Waals surface area contributed by atoms with E-state index in [0.717, 1.165) is 5.57 Å². The summed E-state index contributed by atoms with van der Waals surface area (Å²) in [5.74, 6) is 0.622. The molecule has 0 aliphatic rings. The van der Waals surface area contributed by atoms with E-state index in [1.807, 2.05) is 19.9 Å².